The predicted molar refractivity (Wildman–Crippen MR) is 73.9 cm³/mol. The molecule has 3 nitrogen and oxygen atoms in total. The lowest BCUT2D eigenvalue weighted by Gasteiger charge is -2.39. The van der Waals surface area contributed by atoms with Gasteiger partial charge >= 0.3 is 0 Å². The molecule has 0 spiro atoms. The van der Waals surface area contributed by atoms with Crippen LogP contribution in [0.5, 0.6) is 0 Å². The molecule has 108 valence electrons. The molecular formula is C15H30O3. The van der Waals surface area contributed by atoms with E-state index in [9.17, 15) is 0 Å². The van der Waals surface area contributed by atoms with Crippen LogP contribution in [-0.2, 0) is 14.2 Å². The highest BCUT2D eigenvalue weighted by molar-refractivity contribution is 4.81. The van der Waals surface area contributed by atoms with Crippen molar-refractivity contribution >= 4 is 0 Å². The molecule has 1 saturated heterocycles. The Morgan fingerprint density at radius 1 is 1.00 bits per heavy atom. The average molecular weight is 258 g/mol. The van der Waals surface area contributed by atoms with Gasteiger partial charge in [-0.05, 0) is 61.3 Å². The van der Waals surface area contributed by atoms with Crippen LogP contribution in [0, 0.1) is 0 Å². The second kappa shape index (κ2) is 5.89. The number of ether oxygens (including phenoxy) is 3. The molecule has 1 rings (SSSR count). The first-order chi connectivity index (χ1) is 8.07. The van der Waals surface area contributed by atoms with Crippen molar-refractivity contribution in [3.8, 4) is 0 Å². The maximum Gasteiger partial charge on any atom is 0.107 e. The van der Waals surface area contributed by atoms with E-state index >= 15 is 0 Å². The molecule has 1 fully saturated rings. The summed E-state index contributed by atoms with van der Waals surface area (Å²) in [6, 6.07) is 0. The third-order valence-electron chi connectivity index (χ3n) is 2.87. The van der Waals surface area contributed by atoms with Crippen LogP contribution in [0.3, 0.4) is 0 Å². The van der Waals surface area contributed by atoms with Crippen LogP contribution in [0.25, 0.3) is 0 Å². The van der Waals surface area contributed by atoms with E-state index in [1.807, 2.05) is 0 Å². The summed E-state index contributed by atoms with van der Waals surface area (Å²) in [7, 11) is 0. The van der Waals surface area contributed by atoms with Gasteiger partial charge in [0.25, 0.3) is 0 Å². The Hall–Kier alpha value is -0.120. The maximum atomic E-state index is 6.10. The monoisotopic (exact) mass is 258 g/mol. The van der Waals surface area contributed by atoms with Crippen molar-refractivity contribution in [2.75, 3.05) is 6.61 Å². The van der Waals surface area contributed by atoms with E-state index in [0.29, 0.717) is 12.7 Å². The van der Waals surface area contributed by atoms with Gasteiger partial charge in [0, 0.05) is 0 Å². The molecule has 1 aliphatic rings. The zero-order valence-corrected chi connectivity index (χ0v) is 13.1. The van der Waals surface area contributed by atoms with Crippen molar-refractivity contribution in [3.63, 3.8) is 0 Å². The van der Waals surface area contributed by atoms with E-state index in [4.69, 9.17) is 14.2 Å². The number of hydrogen-bond donors (Lipinski definition) is 0. The zero-order valence-electron chi connectivity index (χ0n) is 13.1. The first kappa shape index (κ1) is 15.9. The molecule has 3 unspecified atom stereocenters. The van der Waals surface area contributed by atoms with Gasteiger partial charge in [-0.2, -0.15) is 0 Å². The minimum absolute atomic E-state index is 0.0483. The molecule has 18 heavy (non-hydrogen) atoms. The highest BCUT2D eigenvalue weighted by Crippen LogP contribution is 2.27. The van der Waals surface area contributed by atoms with Crippen LogP contribution < -0.4 is 0 Å². The second-order valence-electron chi connectivity index (χ2n) is 7.25. The van der Waals surface area contributed by atoms with Gasteiger partial charge in [0.15, 0.2) is 0 Å². The predicted octanol–water partition coefficient (Wildman–Crippen LogP) is 3.55. The molecule has 0 aromatic heterocycles. The third-order valence-corrected chi connectivity index (χ3v) is 2.87. The van der Waals surface area contributed by atoms with E-state index < -0.39 is 0 Å². The first-order valence-electron chi connectivity index (χ1n) is 7.04. The van der Waals surface area contributed by atoms with Crippen molar-refractivity contribution in [3.05, 3.63) is 0 Å². The normalized spacial score (nSPS) is 30.5. The van der Waals surface area contributed by atoms with Crippen LogP contribution in [-0.4, -0.2) is 36.1 Å². The lowest BCUT2D eigenvalue weighted by molar-refractivity contribution is -0.197. The fourth-order valence-corrected chi connectivity index (χ4v) is 2.11. The molecular weight excluding hydrogens is 228 g/mol. The lowest BCUT2D eigenvalue weighted by atomic mass is 10.0. The topological polar surface area (TPSA) is 27.7 Å². The Morgan fingerprint density at radius 2 is 1.61 bits per heavy atom. The summed E-state index contributed by atoms with van der Waals surface area (Å²) in [5, 5.41) is 0. The molecule has 0 radical (unpaired) electrons. The Kier molecular flexibility index (Phi) is 5.22. The summed E-state index contributed by atoms with van der Waals surface area (Å²) < 4.78 is 17.9. The molecule has 0 amide bonds. The van der Waals surface area contributed by atoms with Crippen LogP contribution in [0.1, 0.15) is 61.3 Å². The van der Waals surface area contributed by atoms with Crippen molar-refractivity contribution in [1.82, 2.24) is 0 Å². The summed E-state index contributed by atoms with van der Waals surface area (Å²) in [6.45, 7) is 15.2. The largest absolute Gasteiger partial charge is 0.373 e. The van der Waals surface area contributed by atoms with Gasteiger partial charge in [-0.1, -0.05) is 0 Å². The van der Waals surface area contributed by atoms with Gasteiger partial charge in [-0.3, -0.25) is 0 Å². The Balaban J connectivity index is 2.57. The van der Waals surface area contributed by atoms with E-state index in [0.717, 1.165) is 12.8 Å². The van der Waals surface area contributed by atoms with E-state index in [-0.39, 0.29) is 23.4 Å². The summed E-state index contributed by atoms with van der Waals surface area (Å²) in [6.07, 6.45) is 2.61. The molecule has 0 N–H and O–H groups in total. The maximum absolute atomic E-state index is 6.10. The standard InChI is InChI=1S/C15H30O3/c1-11-8-9-12(18-15(5,6)7)13(17-11)10-16-14(2,3)4/h11-13H,8-10H2,1-7H3. The quantitative estimate of drug-likeness (QED) is 0.775. The van der Waals surface area contributed by atoms with Gasteiger partial charge < -0.3 is 14.2 Å². The second-order valence-corrected chi connectivity index (χ2v) is 7.25. The molecule has 1 heterocycles. The van der Waals surface area contributed by atoms with E-state index in [1.54, 1.807) is 0 Å². The highest BCUT2D eigenvalue weighted by Gasteiger charge is 2.34. The van der Waals surface area contributed by atoms with Crippen LogP contribution in [0.15, 0.2) is 0 Å². The highest BCUT2D eigenvalue weighted by atomic mass is 16.6. The smallest absolute Gasteiger partial charge is 0.107 e. The Morgan fingerprint density at radius 3 is 2.11 bits per heavy atom. The minimum Gasteiger partial charge on any atom is -0.373 e. The van der Waals surface area contributed by atoms with Crippen molar-refractivity contribution in [2.24, 2.45) is 0 Å². The van der Waals surface area contributed by atoms with E-state index in [2.05, 4.69) is 48.5 Å². The Bertz CT molecular complexity index is 249. The molecule has 3 atom stereocenters. The van der Waals surface area contributed by atoms with Crippen LogP contribution >= 0.6 is 0 Å². The molecule has 1 aliphatic heterocycles. The summed E-state index contributed by atoms with van der Waals surface area (Å²) >= 11 is 0. The summed E-state index contributed by atoms with van der Waals surface area (Å²) in [5.41, 5.74) is -0.259. The average Bonchev–Trinajstić information content (AvgIpc) is 2.15. The van der Waals surface area contributed by atoms with Gasteiger partial charge in [0.05, 0.1) is 30.0 Å². The van der Waals surface area contributed by atoms with E-state index in [1.165, 1.54) is 0 Å². The summed E-state index contributed by atoms with van der Waals surface area (Å²) in [4.78, 5) is 0. The number of hydrogen-bond acceptors (Lipinski definition) is 3. The fourth-order valence-electron chi connectivity index (χ4n) is 2.11. The molecule has 3 heteroatoms. The zero-order chi connectivity index (χ0) is 14.0. The first-order valence-corrected chi connectivity index (χ1v) is 7.04. The summed E-state index contributed by atoms with van der Waals surface area (Å²) in [5.74, 6) is 0. The van der Waals surface area contributed by atoms with Gasteiger partial charge in [0.2, 0.25) is 0 Å². The van der Waals surface area contributed by atoms with Crippen molar-refractivity contribution in [2.45, 2.75) is 90.8 Å². The van der Waals surface area contributed by atoms with Gasteiger partial charge in [-0.25, -0.2) is 0 Å². The molecule has 0 aromatic carbocycles. The van der Waals surface area contributed by atoms with Crippen molar-refractivity contribution in [1.29, 1.82) is 0 Å². The van der Waals surface area contributed by atoms with Crippen LogP contribution in [0.4, 0.5) is 0 Å². The van der Waals surface area contributed by atoms with Gasteiger partial charge in [-0.15, -0.1) is 0 Å². The Labute approximate surface area is 112 Å². The van der Waals surface area contributed by atoms with Gasteiger partial charge in [0.1, 0.15) is 6.10 Å². The lowest BCUT2D eigenvalue weighted by Crippen LogP contribution is -2.46. The molecule has 0 aliphatic carbocycles. The van der Waals surface area contributed by atoms with Crippen molar-refractivity contribution < 1.29 is 14.2 Å². The SMILES string of the molecule is CC1CCC(OC(C)(C)C)C(COC(C)(C)C)O1. The van der Waals surface area contributed by atoms with Crippen LogP contribution in [0.2, 0.25) is 0 Å². The fraction of sp³-hybridized carbons (Fsp3) is 1.00. The molecule has 0 saturated carbocycles. The molecule has 0 bridgehead atoms. The third kappa shape index (κ3) is 6.17. The molecule has 0 aromatic rings. The number of rotatable bonds is 3. The minimum atomic E-state index is -0.130.